The molecular formula is C25H22FN3O4. The van der Waals surface area contributed by atoms with E-state index in [1.807, 2.05) is 6.07 Å². The van der Waals surface area contributed by atoms with Crippen LogP contribution in [0.25, 0.3) is 0 Å². The molecule has 0 aromatic heterocycles. The number of nitrogens with zero attached hydrogens (tertiary/aromatic N) is 2. The molecule has 0 saturated carbocycles. The summed E-state index contributed by atoms with van der Waals surface area (Å²) in [6, 6.07) is 19.5. The van der Waals surface area contributed by atoms with E-state index in [1.165, 1.54) is 29.2 Å². The van der Waals surface area contributed by atoms with E-state index in [2.05, 4.69) is 5.32 Å². The molecule has 168 valence electrons. The maximum absolute atomic E-state index is 13.4. The molecule has 1 unspecified atom stereocenters. The molecule has 1 N–H and O–H groups in total. The third-order valence-electron chi connectivity index (χ3n) is 5.35. The molecule has 0 spiro atoms. The monoisotopic (exact) mass is 447 g/mol. The molecule has 7 nitrogen and oxygen atoms in total. The minimum Gasteiger partial charge on any atom is -0.497 e. The third kappa shape index (κ3) is 4.85. The second-order valence-electron chi connectivity index (χ2n) is 7.54. The number of hydrogen-bond donors (Lipinski definition) is 1. The highest BCUT2D eigenvalue weighted by molar-refractivity contribution is 6.22. The average Bonchev–Trinajstić information content (AvgIpc) is 3.05. The Morgan fingerprint density at radius 2 is 1.64 bits per heavy atom. The van der Waals surface area contributed by atoms with Crippen molar-refractivity contribution in [1.82, 2.24) is 4.90 Å². The predicted octanol–water partition coefficient (Wildman–Crippen LogP) is 4.20. The normalized spacial score (nSPS) is 15.6. The Bertz CT molecular complexity index is 1150. The second-order valence-corrected chi connectivity index (χ2v) is 7.54. The number of urea groups is 1. The SMILES string of the molecule is COc1ccc(CN2C(=O)N(c3ccc(F)cc3)C(=O)C2CC(=O)Nc2ccccc2)cc1. The molecule has 4 amide bonds. The molecule has 3 aromatic rings. The minimum atomic E-state index is -1.01. The molecule has 33 heavy (non-hydrogen) atoms. The zero-order valence-corrected chi connectivity index (χ0v) is 17.9. The van der Waals surface area contributed by atoms with Gasteiger partial charge < -0.3 is 15.0 Å². The van der Waals surface area contributed by atoms with Crippen LogP contribution in [0.4, 0.5) is 20.6 Å². The number of amides is 4. The predicted molar refractivity (Wildman–Crippen MR) is 121 cm³/mol. The minimum absolute atomic E-state index is 0.121. The zero-order chi connectivity index (χ0) is 23.4. The molecule has 1 aliphatic rings. The quantitative estimate of drug-likeness (QED) is 0.551. The lowest BCUT2D eigenvalue weighted by Gasteiger charge is -2.22. The summed E-state index contributed by atoms with van der Waals surface area (Å²) in [5.74, 6) is -0.752. The van der Waals surface area contributed by atoms with Crippen LogP contribution in [-0.4, -0.2) is 35.9 Å². The van der Waals surface area contributed by atoms with Crippen molar-refractivity contribution in [2.75, 3.05) is 17.3 Å². The van der Waals surface area contributed by atoms with Crippen LogP contribution in [0, 0.1) is 5.82 Å². The number of carbonyl (C=O) groups is 3. The number of benzene rings is 3. The second kappa shape index (κ2) is 9.52. The van der Waals surface area contributed by atoms with Crippen LogP contribution in [0.1, 0.15) is 12.0 Å². The van der Waals surface area contributed by atoms with Crippen LogP contribution >= 0.6 is 0 Å². The van der Waals surface area contributed by atoms with Gasteiger partial charge in [-0.2, -0.15) is 0 Å². The molecule has 8 heteroatoms. The fourth-order valence-corrected chi connectivity index (χ4v) is 3.68. The van der Waals surface area contributed by atoms with Gasteiger partial charge in [0.15, 0.2) is 0 Å². The van der Waals surface area contributed by atoms with Gasteiger partial charge in [0.25, 0.3) is 5.91 Å². The van der Waals surface area contributed by atoms with Gasteiger partial charge in [-0.3, -0.25) is 9.59 Å². The van der Waals surface area contributed by atoms with E-state index in [0.29, 0.717) is 11.4 Å². The van der Waals surface area contributed by atoms with E-state index < -0.39 is 29.7 Å². The Morgan fingerprint density at radius 1 is 0.970 bits per heavy atom. The van der Waals surface area contributed by atoms with E-state index in [1.54, 1.807) is 55.6 Å². The summed E-state index contributed by atoms with van der Waals surface area (Å²) in [6.45, 7) is 0.121. The van der Waals surface area contributed by atoms with Gasteiger partial charge in [0.1, 0.15) is 17.6 Å². The van der Waals surface area contributed by atoms with Gasteiger partial charge in [-0.25, -0.2) is 14.1 Å². The first-order valence-corrected chi connectivity index (χ1v) is 10.3. The number of para-hydroxylation sites is 1. The molecule has 1 heterocycles. The molecule has 1 fully saturated rings. The molecule has 4 rings (SSSR count). The van der Waals surface area contributed by atoms with Crippen molar-refractivity contribution >= 4 is 29.2 Å². The van der Waals surface area contributed by atoms with Gasteiger partial charge in [0.05, 0.1) is 19.2 Å². The van der Waals surface area contributed by atoms with Crippen molar-refractivity contribution in [3.05, 3.63) is 90.2 Å². The number of carbonyl (C=O) groups excluding carboxylic acids is 3. The number of hydrogen-bond acceptors (Lipinski definition) is 4. The Labute approximate surface area is 190 Å². The van der Waals surface area contributed by atoms with Crippen LogP contribution in [0.5, 0.6) is 5.75 Å². The highest BCUT2D eigenvalue weighted by atomic mass is 19.1. The largest absolute Gasteiger partial charge is 0.497 e. The van der Waals surface area contributed by atoms with Crippen molar-refractivity contribution in [1.29, 1.82) is 0 Å². The average molecular weight is 447 g/mol. The fourth-order valence-electron chi connectivity index (χ4n) is 3.68. The first-order valence-electron chi connectivity index (χ1n) is 10.3. The van der Waals surface area contributed by atoms with Gasteiger partial charge in [-0.1, -0.05) is 30.3 Å². The number of methoxy groups -OCH3 is 1. The van der Waals surface area contributed by atoms with E-state index in [-0.39, 0.29) is 18.7 Å². The first-order chi connectivity index (χ1) is 16.0. The summed E-state index contributed by atoms with van der Waals surface area (Å²) in [4.78, 5) is 41.6. The Balaban J connectivity index is 1.60. The lowest BCUT2D eigenvalue weighted by molar-refractivity contribution is -0.124. The van der Waals surface area contributed by atoms with Crippen molar-refractivity contribution in [3.8, 4) is 5.75 Å². The van der Waals surface area contributed by atoms with E-state index in [0.717, 1.165) is 10.5 Å². The summed E-state index contributed by atoms with van der Waals surface area (Å²) in [6.07, 6.45) is -0.215. The Morgan fingerprint density at radius 3 is 2.27 bits per heavy atom. The summed E-state index contributed by atoms with van der Waals surface area (Å²) in [5.41, 5.74) is 1.61. The molecule has 1 atom stereocenters. The van der Waals surface area contributed by atoms with Crippen molar-refractivity contribution in [2.45, 2.75) is 19.0 Å². The summed E-state index contributed by atoms with van der Waals surface area (Å²) >= 11 is 0. The zero-order valence-electron chi connectivity index (χ0n) is 17.9. The Kier molecular flexibility index (Phi) is 6.35. The number of rotatable bonds is 7. The highest BCUT2D eigenvalue weighted by Gasteiger charge is 2.46. The van der Waals surface area contributed by atoms with Crippen molar-refractivity contribution in [2.24, 2.45) is 0 Å². The highest BCUT2D eigenvalue weighted by Crippen LogP contribution is 2.29. The van der Waals surface area contributed by atoms with Crippen molar-refractivity contribution < 1.29 is 23.5 Å². The molecule has 1 saturated heterocycles. The molecule has 0 bridgehead atoms. The van der Waals surface area contributed by atoms with Crippen LogP contribution in [0.2, 0.25) is 0 Å². The molecule has 3 aromatic carbocycles. The third-order valence-corrected chi connectivity index (χ3v) is 5.35. The van der Waals surface area contributed by atoms with Crippen LogP contribution in [-0.2, 0) is 16.1 Å². The molecule has 1 aliphatic heterocycles. The topological polar surface area (TPSA) is 79.0 Å². The molecular weight excluding hydrogens is 425 g/mol. The number of ether oxygens (including phenoxy) is 1. The lowest BCUT2D eigenvalue weighted by Crippen LogP contribution is -2.37. The number of nitrogens with one attached hydrogen (secondary N) is 1. The summed E-state index contributed by atoms with van der Waals surface area (Å²) in [7, 11) is 1.56. The van der Waals surface area contributed by atoms with Gasteiger partial charge >= 0.3 is 6.03 Å². The van der Waals surface area contributed by atoms with Crippen LogP contribution in [0.3, 0.4) is 0 Å². The van der Waals surface area contributed by atoms with E-state index >= 15 is 0 Å². The van der Waals surface area contributed by atoms with Crippen LogP contribution < -0.4 is 15.0 Å². The number of imide groups is 1. The Hall–Kier alpha value is -4.20. The molecule has 0 radical (unpaired) electrons. The van der Waals surface area contributed by atoms with Crippen LogP contribution in [0.15, 0.2) is 78.9 Å². The molecule has 0 aliphatic carbocycles. The van der Waals surface area contributed by atoms with Gasteiger partial charge in [-0.05, 0) is 54.1 Å². The van der Waals surface area contributed by atoms with Gasteiger partial charge in [-0.15, -0.1) is 0 Å². The first kappa shape index (κ1) is 22.0. The smallest absolute Gasteiger partial charge is 0.332 e. The lowest BCUT2D eigenvalue weighted by atomic mass is 10.1. The number of anilines is 2. The maximum atomic E-state index is 13.4. The standard InChI is InChI=1S/C25H22FN3O4/c1-33-21-13-7-17(8-14-21)16-28-22(15-23(30)27-19-5-3-2-4-6-19)24(31)29(25(28)32)20-11-9-18(26)10-12-20/h2-14,22H,15-16H2,1H3,(H,27,30). The van der Waals surface area contributed by atoms with Gasteiger partial charge in [0, 0.05) is 12.2 Å². The van der Waals surface area contributed by atoms with E-state index in [9.17, 15) is 18.8 Å². The van der Waals surface area contributed by atoms with Crippen molar-refractivity contribution in [3.63, 3.8) is 0 Å². The van der Waals surface area contributed by atoms with Gasteiger partial charge in [0.2, 0.25) is 5.91 Å². The number of halogens is 1. The fraction of sp³-hybridized carbons (Fsp3) is 0.160. The maximum Gasteiger partial charge on any atom is 0.332 e. The summed E-state index contributed by atoms with van der Waals surface area (Å²) in [5, 5.41) is 2.75. The summed E-state index contributed by atoms with van der Waals surface area (Å²) < 4.78 is 18.6. The van der Waals surface area contributed by atoms with E-state index in [4.69, 9.17) is 4.74 Å².